The van der Waals surface area contributed by atoms with Crippen molar-refractivity contribution in [3.05, 3.63) is 87.4 Å². The Balaban J connectivity index is 1.38. The highest BCUT2D eigenvalue weighted by molar-refractivity contribution is 5.82. The Morgan fingerprint density at radius 1 is 1.05 bits per heavy atom. The Morgan fingerprint density at radius 2 is 1.80 bits per heavy atom. The lowest BCUT2D eigenvalue weighted by atomic mass is 10.1. The molecule has 0 spiro atoms. The molecule has 11 heteroatoms. The standard InChI is InChI=1S/C29H27F2N7O2/c1-17-11-20(12-18(2)26(17)30)38-28(22-15-34(16-39)8-7-23(22)33-38)36-10-9-35(29(36)40)25-6-5-24-21(27(25)31)13-32-37(24)14-19-3-4-19/h5-6,9-13,16,19H,3-4,7-8,14-15H2,1-2H3. The molecule has 7 rings (SSSR count). The first kappa shape index (κ1) is 24.5. The van der Waals surface area contributed by atoms with Gasteiger partial charge in [-0.15, -0.1) is 0 Å². The van der Waals surface area contributed by atoms with E-state index in [1.54, 1.807) is 53.9 Å². The van der Waals surface area contributed by atoms with Crippen LogP contribution in [0.2, 0.25) is 0 Å². The Hall–Kier alpha value is -4.54. The monoisotopic (exact) mass is 543 g/mol. The molecule has 2 aromatic carbocycles. The van der Waals surface area contributed by atoms with Gasteiger partial charge in [-0.05, 0) is 68.0 Å². The number of benzene rings is 2. The normalized spacial score (nSPS) is 15.2. The maximum Gasteiger partial charge on any atom is 0.338 e. The molecule has 204 valence electrons. The van der Waals surface area contributed by atoms with Crippen LogP contribution >= 0.6 is 0 Å². The van der Waals surface area contributed by atoms with Gasteiger partial charge in [0.05, 0.1) is 40.7 Å². The van der Waals surface area contributed by atoms with Crippen molar-refractivity contribution in [1.82, 2.24) is 33.6 Å². The third-order valence-corrected chi connectivity index (χ3v) is 7.98. The summed E-state index contributed by atoms with van der Waals surface area (Å²) in [7, 11) is 0. The number of hydrogen-bond acceptors (Lipinski definition) is 4. The summed E-state index contributed by atoms with van der Waals surface area (Å²) < 4.78 is 36.4. The zero-order valence-corrected chi connectivity index (χ0v) is 22.1. The molecule has 1 aliphatic carbocycles. The van der Waals surface area contributed by atoms with E-state index in [2.05, 4.69) is 5.10 Å². The second-order valence-electron chi connectivity index (χ2n) is 10.8. The van der Waals surface area contributed by atoms with Crippen molar-refractivity contribution in [1.29, 1.82) is 0 Å². The number of imidazole rings is 1. The number of fused-ring (bicyclic) bond motifs is 2. The van der Waals surface area contributed by atoms with E-state index in [4.69, 9.17) is 5.10 Å². The maximum atomic E-state index is 15.8. The summed E-state index contributed by atoms with van der Waals surface area (Å²) in [6.45, 7) is 4.89. The molecular formula is C29H27F2N7O2. The fourth-order valence-electron chi connectivity index (χ4n) is 5.65. The SMILES string of the molecule is Cc1cc(-n2nc3c(c2-n2ccn(-c4ccc5c(cnn5CC5CC5)c4F)c2=O)CN(C=O)CC3)cc(C)c1F. The Morgan fingerprint density at radius 3 is 2.52 bits per heavy atom. The summed E-state index contributed by atoms with van der Waals surface area (Å²) in [5.74, 6) is 0.201. The van der Waals surface area contributed by atoms with Gasteiger partial charge < -0.3 is 4.90 Å². The highest BCUT2D eigenvalue weighted by Crippen LogP contribution is 2.33. The van der Waals surface area contributed by atoms with E-state index in [9.17, 15) is 14.0 Å². The lowest BCUT2D eigenvalue weighted by molar-refractivity contribution is -0.118. The number of hydrogen-bond donors (Lipinski definition) is 0. The lowest BCUT2D eigenvalue weighted by Gasteiger charge is -2.22. The number of aromatic nitrogens is 6. The molecule has 0 bridgehead atoms. The average Bonchev–Trinajstić information content (AvgIpc) is 3.37. The quantitative estimate of drug-likeness (QED) is 0.304. The molecule has 2 aliphatic rings. The van der Waals surface area contributed by atoms with Crippen LogP contribution < -0.4 is 5.69 Å². The number of carbonyl (C=O) groups is 1. The van der Waals surface area contributed by atoms with Crippen LogP contribution in [0.5, 0.6) is 0 Å². The average molecular weight is 544 g/mol. The molecule has 0 atom stereocenters. The molecule has 5 aromatic rings. The van der Waals surface area contributed by atoms with E-state index >= 15 is 4.39 Å². The van der Waals surface area contributed by atoms with Crippen LogP contribution in [0.4, 0.5) is 8.78 Å². The fourth-order valence-corrected chi connectivity index (χ4v) is 5.65. The first-order valence-electron chi connectivity index (χ1n) is 13.4. The number of rotatable bonds is 6. The molecule has 1 saturated carbocycles. The van der Waals surface area contributed by atoms with Gasteiger partial charge in [-0.25, -0.2) is 18.3 Å². The van der Waals surface area contributed by atoms with Crippen molar-refractivity contribution in [2.45, 2.75) is 46.2 Å². The van der Waals surface area contributed by atoms with Crippen molar-refractivity contribution in [3.63, 3.8) is 0 Å². The predicted octanol–water partition coefficient (Wildman–Crippen LogP) is 3.98. The summed E-state index contributed by atoms with van der Waals surface area (Å²) in [4.78, 5) is 27.1. The molecular weight excluding hydrogens is 516 g/mol. The Labute approximate surface area is 227 Å². The van der Waals surface area contributed by atoms with Gasteiger partial charge in [-0.2, -0.15) is 10.2 Å². The summed E-state index contributed by atoms with van der Waals surface area (Å²) in [6.07, 6.45) is 8.21. The summed E-state index contributed by atoms with van der Waals surface area (Å²) in [5.41, 5.74) is 3.28. The first-order chi connectivity index (χ1) is 19.3. The molecule has 40 heavy (non-hydrogen) atoms. The number of amides is 1. The molecule has 9 nitrogen and oxygen atoms in total. The van der Waals surface area contributed by atoms with E-state index < -0.39 is 11.5 Å². The third kappa shape index (κ3) is 3.79. The lowest BCUT2D eigenvalue weighted by Crippen LogP contribution is -2.30. The zero-order chi connectivity index (χ0) is 27.7. The smallest absolute Gasteiger partial charge is 0.338 e. The van der Waals surface area contributed by atoms with Crippen molar-refractivity contribution in [2.24, 2.45) is 5.92 Å². The van der Waals surface area contributed by atoms with Crippen LogP contribution in [0, 0.1) is 31.4 Å². The van der Waals surface area contributed by atoms with Gasteiger partial charge in [0.2, 0.25) is 6.41 Å². The van der Waals surface area contributed by atoms with Crippen LogP contribution in [0.1, 0.15) is 35.2 Å². The molecule has 0 unspecified atom stereocenters. The number of carbonyl (C=O) groups excluding carboxylic acids is 1. The van der Waals surface area contributed by atoms with E-state index in [-0.39, 0.29) is 18.0 Å². The van der Waals surface area contributed by atoms with Gasteiger partial charge >= 0.3 is 5.69 Å². The predicted molar refractivity (Wildman–Crippen MR) is 144 cm³/mol. The van der Waals surface area contributed by atoms with Gasteiger partial charge in [-0.1, -0.05) is 0 Å². The number of halogens is 2. The maximum absolute atomic E-state index is 15.8. The first-order valence-corrected chi connectivity index (χ1v) is 13.4. The molecule has 1 amide bonds. The van der Waals surface area contributed by atoms with Crippen molar-refractivity contribution in [3.8, 4) is 17.2 Å². The highest BCUT2D eigenvalue weighted by Gasteiger charge is 2.28. The molecule has 0 radical (unpaired) electrons. The van der Waals surface area contributed by atoms with E-state index in [1.165, 1.54) is 21.5 Å². The molecule has 1 aliphatic heterocycles. The third-order valence-electron chi connectivity index (χ3n) is 7.98. The molecule has 4 heterocycles. The second-order valence-corrected chi connectivity index (χ2v) is 10.8. The molecule has 0 N–H and O–H groups in total. The van der Waals surface area contributed by atoms with E-state index in [0.717, 1.165) is 37.1 Å². The summed E-state index contributed by atoms with van der Waals surface area (Å²) >= 11 is 0. The van der Waals surface area contributed by atoms with E-state index in [0.29, 0.717) is 52.4 Å². The number of aryl methyl sites for hydroxylation is 2. The molecule has 0 saturated heterocycles. The second kappa shape index (κ2) is 9.00. The van der Waals surface area contributed by atoms with Gasteiger partial charge in [0.1, 0.15) is 11.6 Å². The van der Waals surface area contributed by atoms with Crippen LogP contribution in [0.3, 0.4) is 0 Å². The van der Waals surface area contributed by atoms with Crippen LogP contribution in [0.25, 0.3) is 28.1 Å². The van der Waals surface area contributed by atoms with Gasteiger partial charge in [0.25, 0.3) is 0 Å². The zero-order valence-electron chi connectivity index (χ0n) is 22.1. The van der Waals surface area contributed by atoms with Crippen molar-refractivity contribution < 1.29 is 13.6 Å². The fraction of sp³-hybridized carbons (Fsp3) is 0.310. The molecule has 1 fully saturated rings. The van der Waals surface area contributed by atoms with Crippen molar-refractivity contribution in [2.75, 3.05) is 6.54 Å². The van der Waals surface area contributed by atoms with Crippen LogP contribution in [-0.4, -0.2) is 46.5 Å². The van der Waals surface area contributed by atoms with Gasteiger partial charge in [0.15, 0.2) is 5.82 Å². The topological polar surface area (TPSA) is 82.9 Å². The van der Waals surface area contributed by atoms with Gasteiger partial charge in [-0.3, -0.25) is 18.6 Å². The van der Waals surface area contributed by atoms with Gasteiger partial charge in [0, 0.05) is 37.5 Å². The summed E-state index contributed by atoms with van der Waals surface area (Å²) in [5, 5.41) is 9.53. The minimum absolute atomic E-state index is 0.116. The Kier molecular flexibility index (Phi) is 5.51. The Bertz CT molecular complexity index is 1850. The molecule has 3 aromatic heterocycles. The number of nitrogens with zero attached hydrogens (tertiary/aromatic N) is 7. The highest BCUT2D eigenvalue weighted by atomic mass is 19.1. The van der Waals surface area contributed by atoms with Crippen molar-refractivity contribution >= 4 is 17.3 Å². The summed E-state index contributed by atoms with van der Waals surface area (Å²) in [6, 6.07) is 6.75. The minimum Gasteiger partial charge on any atom is -0.340 e. The largest absolute Gasteiger partial charge is 0.340 e. The van der Waals surface area contributed by atoms with Crippen LogP contribution in [0.15, 0.2) is 47.7 Å². The van der Waals surface area contributed by atoms with E-state index in [1.807, 2.05) is 4.68 Å². The minimum atomic E-state index is -0.521. The van der Waals surface area contributed by atoms with Crippen LogP contribution in [-0.2, 0) is 24.3 Å².